The molecule has 0 unspecified atom stereocenters. The SMILES string of the molecule is CCCCCCCCCCCCCCCCN1C(=O)C(O)=C(C(=O)/C=C/c2ccccc2)[C@H]1c1ccccc1F. The van der Waals surface area contributed by atoms with Crippen LogP contribution in [-0.4, -0.2) is 28.2 Å². The standard InChI is InChI=1S/C35H46FNO3/c1-2-3-4-5-6-7-8-9-10-11-12-13-14-20-27-37-33(29-23-18-19-24-30(29)36)32(34(39)35(37)40)31(38)26-25-28-21-16-15-17-22-28/h15-19,21-26,33,39H,2-14,20,27H2,1H3/b26-25+/t33-/m1/s1. The van der Waals surface area contributed by atoms with Gasteiger partial charge in [0, 0.05) is 12.1 Å². The summed E-state index contributed by atoms with van der Waals surface area (Å²) in [7, 11) is 0. The van der Waals surface area contributed by atoms with Crippen molar-refractivity contribution in [3.05, 3.63) is 88.9 Å². The van der Waals surface area contributed by atoms with E-state index in [1.165, 1.54) is 87.7 Å². The van der Waals surface area contributed by atoms with Gasteiger partial charge in [0.25, 0.3) is 5.91 Å². The fourth-order valence-electron chi connectivity index (χ4n) is 5.46. The zero-order valence-corrected chi connectivity index (χ0v) is 24.1. The summed E-state index contributed by atoms with van der Waals surface area (Å²) >= 11 is 0. The third-order valence-corrected chi connectivity index (χ3v) is 7.75. The molecule has 1 aliphatic heterocycles. The second kappa shape index (κ2) is 17.5. The van der Waals surface area contributed by atoms with Crippen LogP contribution in [0.15, 0.2) is 72.0 Å². The molecular formula is C35H46FNO3. The van der Waals surface area contributed by atoms with Gasteiger partial charge in [0.1, 0.15) is 5.82 Å². The molecule has 1 N–H and O–H groups in total. The van der Waals surface area contributed by atoms with Crippen LogP contribution < -0.4 is 0 Å². The van der Waals surface area contributed by atoms with E-state index < -0.39 is 29.3 Å². The lowest BCUT2D eigenvalue weighted by atomic mass is 9.95. The first-order valence-corrected chi connectivity index (χ1v) is 15.3. The van der Waals surface area contributed by atoms with Crippen molar-refractivity contribution in [3.8, 4) is 0 Å². The van der Waals surface area contributed by atoms with Crippen molar-refractivity contribution >= 4 is 17.8 Å². The van der Waals surface area contributed by atoms with Crippen molar-refractivity contribution in [1.82, 2.24) is 4.90 Å². The van der Waals surface area contributed by atoms with Crippen molar-refractivity contribution in [3.63, 3.8) is 0 Å². The summed E-state index contributed by atoms with van der Waals surface area (Å²) in [6.45, 7) is 2.61. The molecule has 4 nitrogen and oxygen atoms in total. The monoisotopic (exact) mass is 547 g/mol. The van der Waals surface area contributed by atoms with Crippen LogP contribution in [0.1, 0.15) is 114 Å². The highest BCUT2D eigenvalue weighted by Gasteiger charge is 2.43. The molecule has 40 heavy (non-hydrogen) atoms. The number of nitrogens with zero attached hydrogens (tertiary/aromatic N) is 1. The molecule has 3 rings (SSSR count). The number of ketones is 1. The number of halogens is 1. The Morgan fingerprint density at radius 3 is 1.90 bits per heavy atom. The average Bonchev–Trinajstić information content (AvgIpc) is 3.22. The molecular weight excluding hydrogens is 501 g/mol. The van der Waals surface area contributed by atoms with E-state index in [9.17, 15) is 19.1 Å². The Morgan fingerprint density at radius 1 is 0.800 bits per heavy atom. The maximum atomic E-state index is 14.9. The zero-order valence-electron chi connectivity index (χ0n) is 24.1. The molecule has 216 valence electrons. The summed E-state index contributed by atoms with van der Waals surface area (Å²) in [5, 5.41) is 10.7. The molecule has 0 spiro atoms. The number of unbranched alkanes of at least 4 members (excludes halogenated alkanes) is 13. The molecule has 1 heterocycles. The lowest BCUT2D eigenvalue weighted by molar-refractivity contribution is -0.129. The normalized spacial score (nSPS) is 15.5. The van der Waals surface area contributed by atoms with Crippen molar-refractivity contribution in [1.29, 1.82) is 0 Å². The molecule has 0 aliphatic carbocycles. The van der Waals surface area contributed by atoms with Crippen LogP contribution in [0.2, 0.25) is 0 Å². The highest BCUT2D eigenvalue weighted by Crippen LogP contribution is 2.39. The predicted octanol–water partition coefficient (Wildman–Crippen LogP) is 9.28. The summed E-state index contributed by atoms with van der Waals surface area (Å²) in [6.07, 6.45) is 20.2. The van der Waals surface area contributed by atoms with Crippen molar-refractivity contribution in [2.45, 2.75) is 103 Å². The summed E-state index contributed by atoms with van der Waals surface area (Å²) in [5.41, 5.74) is 0.983. The first kappa shape index (κ1) is 31.3. The molecule has 0 saturated heterocycles. The lowest BCUT2D eigenvalue weighted by Crippen LogP contribution is -2.32. The highest BCUT2D eigenvalue weighted by atomic mass is 19.1. The van der Waals surface area contributed by atoms with E-state index in [2.05, 4.69) is 6.92 Å². The van der Waals surface area contributed by atoms with Crippen molar-refractivity contribution in [2.75, 3.05) is 6.54 Å². The van der Waals surface area contributed by atoms with Gasteiger partial charge in [-0.2, -0.15) is 0 Å². The maximum Gasteiger partial charge on any atom is 0.290 e. The van der Waals surface area contributed by atoms with Crippen molar-refractivity contribution < 1.29 is 19.1 Å². The zero-order chi connectivity index (χ0) is 28.6. The van der Waals surface area contributed by atoms with Gasteiger partial charge in [0.05, 0.1) is 11.6 Å². The summed E-state index contributed by atoms with van der Waals surface area (Å²) in [4.78, 5) is 27.7. The first-order valence-electron chi connectivity index (χ1n) is 15.3. The summed E-state index contributed by atoms with van der Waals surface area (Å²) in [6, 6.07) is 14.5. The van der Waals surface area contributed by atoms with Crippen LogP contribution in [0.3, 0.4) is 0 Å². The Bertz CT molecular complexity index is 1120. The number of rotatable bonds is 19. The topological polar surface area (TPSA) is 57.6 Å². The second-order valence-corrected chi connectivity index (χ2v) is 10.9. The first-order chi connectivity index (χ1) is 19.5. The number of aliphatic hydroxyl groups is 1. The van der Waals surface area contributed by atoms with Crippen molar-refractivity contribution in [2.24, 2.45) is 0 Å². The number of hydrogen-bond donors (Lipinski definition) is 1. The van der Waals surface area contributed by atoms with E-state index in [0.717, 1.165) is 24.8 Å². The predicted molar refractivity (Wildman–Crippen MR) is 161 cm³/mol. The molecule has 0 bridgehead atoms. The van der Waals surface area contributed by atoms with Gasteiger partial charge in [-0.1, -0.05) is 145 Å². The molecule has 0 radical (unpaired) electrons. The third kappa shape index (κ3) is 9.46. The van der Waals surface area contributed by atoms with Crippen LogP contribution in [0.4, 0.5) is 4.39 Å². The maximum absolute atomic E-state index is 14.9. The van der Waals surface area contributed by atoms with Gasteiger partial charge in [0.2, 0.25) is 0 Å². The highest BCUT2D eigenvalue weighted by molar-refractivity contribution is 6.14. The van der Waals surface area contributed by atoms with Gasteiger partial charge in [0.15, 0.2) is 11.5 Å². The van der Waals surface area contributed by atoms with Gasteiger partial charge in [-0.15, -0.1) is 0 Å². The van der Waals surface area contributed by atoms with Crippen LogP contribution >= 0.6 is 0 Å². The lowest BCUT2D eigenvalue weighted by Gasteiger charge is -2.27. The molecule has 2 aromatic rings. The molecule has 0 aromatic heterocycles. The fourth-order valence-corrected chi connectivity index (χ4v) is 5.46. The number of amides is 1. The summed E-state index contributed by atoms with van der Waals surface area (Å²) in [5.74, 6) is -2.19. The van der Waals surface area contributed by atoms with Gasteiger partial charge >= 0.3 is 0 Å². The number of hydrogen-bond acceptors (Lipinski definition) is 3. The number of aliphatic hydroxyl groups excluding tert-OH is 1. The third-order valence-electron chi connectivity index (χ3n) is 7.75. The molecule has 2 aromatic carbocycles. The summed E-state index contributed by atoms with van der Waals surface area (Å²) < 4.78 is 14.9. The van der Waals surface area contributed by atoms with E-state index in [1.54, 1.807) is 24.3 Å². The van der Waals surface area contributed by atoms with Crippen LogP contribution in [-0.2, 0) is 9.59 Å². The van der Waals surface area contributed by atoms with Gasteiger partial charge in [-0.25, -0.2) is 4.39 Å². The molecule has 5 heteroatoms. The van der Waals surface area contributed by atoms with Gasteiger partial charge in [-0.05, 0) is 24.1 Å². The molecule has 1 atom stereocenters. The van der Waals surface area contributed by atoms with Gasteiger partial charge in [-0.3, -0.25) is 9.59 Å². The van der Waals surface area contributed by atoms with Crippen LogP contribution in [0.5, 0.6) is 0 Å². The van der Waals surface area contributed by atoms with Crippen LogP contribution in [0.25, 0.3) is 6.08 Å². The smallest absolute Gasteiger partial charge is 0.290 e. The average molecular weight is 548 g/mol. The molecule has 1 amide bonds. The second-order valence-electron chi connectivity index (χ2n) is 10.9. The minimum absolute atomic E-state index is 0.0624. The minimum Gasteiger partial charge on any atom is -0.503 e. The van der Waals surface area contributed by atoms with E-state index in [4.69, 9.17) is 0 Å². The van der Waals surface area contributed by atoms with E-state index >= 15 is 0 Å². The van der Waals surface area contributed by atoms with E-state index in [1.807, 2.05) is 30.3 Å². The Labute approximate surface area is 240 Å². The quantitative estimate of drug-likeness (QED) is 0.141. The molecule has 0 saturated carbocycles. The largest absolute Gasteiger partial charge is 0.503 e. The minimum atomic E-state index is -0.941. The van der Waals surface area contributed by atoms with E-state index in [0.29, 0.717) is 6.54 Å². The number of carbonyl (C=O) groups is 2. The fraction of sp³-hybridized carbons (Fsp3) is 0.486. The molecule has 1 aliphatic rings. The Morgan fingerprint density at radius 2 is 1.32 bits per heavy atom. The van der Waals surface area contributed by atoms with Gasteiger partial charge < -0.3 is 10.0 Å². The Balaban J connectivity index is 1.50. The van der Waals surface area contributed by atoms with E-state index in [-0.39, 0.29) is 11.1 Å². The van der Waals surface area contributed by atoms with Crippen LogP contribution in [0, 0.1) is 5.82 Å². The molecule has 0 fully saturated rings. The Kier molecular flexibility index (Phi) is 13.7. The Hall–Kier alpha value is -3.21. The number of carbonyl (C=O) groups excluding carboxylic acids is 2. The number of benzene rings is 2. The number of allylic oxidation sites excluding steroid dienone is 1.